The standard InChI is InChI=1S/C18H16ClN3O/c1-11-6-7-13(9-14(11)19)22-10-12(8-17(22)23)18-20-15-4-2-3-5-16(15)21-18/h2-7,9,12H,8,10H2,1H3,(H,20,21)/t12-/m0/s1. The third kappa shape index (κ3) is 2.49. The zero-order valence-corrected chi connectivity index (χ0v) is 13.5. The van der Waals surface area contributed by atoms with Crippen molar-refractivity contribution in [3.05, 3.63) is 58.9 Å². The number of rotatable bonds is 2. The highest BCUT2D eigenvalue weighted by atomic mass is 35.5. The minimum absolute atomic E-state index is 0.0787. The Bertz CT molecular complexity index is 869. The molecule has 1 saturated heterocycles. The highest BCUT2D eigenvalue weighted by molar-refractivity contribution is 6.31. The maximum absolute atomic E-state index is 12.4. The molecule has 1 aliphatic heterocycles. The van der Waals surface area contributed by atoms with Crippen molar-refractivity contribution in [3.63, 3.8) is 0 Å². The average molecular weight is 326 g/mol. The van der Waals surface area contributed by atoms with Crippen LogP contribution in [0.2, 0.25) is 5.02 Å². The highest BCUT2D eigenvalue weighted by Gasteiger charge is 2.33. The normalized spacial score (nSPS) is 18.1. The first kappa shape index (κ1) is 14.3. The SMILES string of the molecule is Cc1ccc(N2C[C@@H](c3nc4ccccc4[nH]3)CC2=O)cc1Cl. The second-order valence-electron chi connectivity index (χ2n) is 5.98. The molecule has 0 spiro atoms. The van der Waals surface area contributed by atoms with Gasteiger partial charge in [-0.1, -0.05) is 29.8 Å². The number of benzene rings is 2. The zero-order valence-electron chi connectivity index (χ0n) is 12.7. The number of carbonyl (C=O) groups is 1. The number of carbonyl (C=O) groups excluding carboxylic acids is 1. The van der Waals surface area contributed by atoms with Gasteiger partial charge in [-0.15, -0.1) is 0 Å². The fraction of sp³-hybridized carbons (Fsp3) is 0.222. The summed E-state index contributed by atoms with van der Waals surface area (Å²) in [6.07, 6.45) is 0.464. The maximum Gasteiger partial charge on any atom is 0.227 e. The molecule has 0 saturated carbocycles. The summed E-state index contributed by atoms with van der Waals surface area (Å²) in [7, 11) is 0. The van der Waals surface area contributed by atoms with E-state index in [1.165, 1.54) is 0 Å². The van der Waals surface area contributed by atoms with E-state index >= 15 is 0 Å². The third-order valence-corrected chi connectivity index (χ3v) is 4.79. The van der Waals surface area contributed by atoms with E-state index in [1.807, 2.05) is 49.4 Å². The number of anilines is 1. The molecule has 0 unspecified atom stereocenters. The molecule has 4 rings (SSSR count). The number of imidazole rings is 1. The summed E-state index contributed by atoms with van der Waals surface area (Å²) in [5, 5.41) is 0.683. The molecule has 3 aromatic rings. The number of halogens is 1. The molecule has 1 N–H and O–H groups in total. The van der Waals surface area contributed by atoms with Crippen molar-refractivity contribution in [1.29, 1.82) is 0 Å². The first-order chi connectivity index (χ1) is 11.1. The lowest BCUT2D eigenvalue weighted by Gasteiger charge is -2.17. The number of nitrogens with one attached hydrogen (secondary N) is 1. The molecule has 2 heterocycles. The lowest BCUT2D eigenvalue weighted by atomic mass is 10.1. The summed E-state index contributed by atoms with van der Waals surface area (Å²) in [5.74, 6) is 1.06. The molecule has 23 heavy (non-hydrogen) atoms. The number of aryl methyl sites for hydroxylation is 1. The largest absolute Gasteiger partial charge is 0.342 e. The predicted octanol–water partition coefficient (Wildman–Crippen LogP) is 4.05. The minimum Gasteiger partial charge on any atom is -0.342 e. The van der Waals surface area contributed by atoms with Gasteiger partial charge in [0.05, 0.1) is 11.0 Å². The Kier molecular flexibility index (Phi) is 3.34. The van der Waals surface area contributed by atoms with Gasteiger partial charge in [0.25, 0.3) is 0 Å². The van der Waals surface area contributed by atoms with E-state index in [1.54, 1.807) is 4.90 Å². The van der Waals surface area contributed by atoms with Crippen LogP contribution in [0.15, 0.2) is 42.5 Å². The number of hydrogen-bond donors (Lipinski definition) is 1. The number of fused-ring (bicyclic) bond motifs is 1. The summed E-state index contributed by atoms with van der Waals surface area (Å²) in [5.41, 5.74) is 3.80. The third-order valence-electron chi connectivity index (χ3n) is 4.39. The molecule has 1 fully saturated rings. The van der Waals surface area contributed by atoms with E-state index in [0.29, 0.717) is 18.0 Å². The molecule has 0 radical (unpaired) electrons. The van der Waals surface area contributed by atoms with Crippen molar-refractivity contribution >= 4 is 34.2 Å². The monoisotopic (exact) mass is 325 g/mol. The van der Waals surface area contributed by atoms with Crippen LogP contribution in [0.5, 0.6) is 0 Å². The number of aromatic amines is 1. The van der Waals surface area contributed by atoms with Crippen molar-refractivity contribution in [1.82, 2.24) is 9.97 Å². The molecule has 2 aromatic carbocycles. The van der Waals surface area contributed by atoms with Crippen molar-refractivity contribution in [2.75, 3.05) is 11.4 Å². The number of nitrogens with zero attached hydrogens (tertiary/aromatic N) is 2. The molecular weight excluding hydrogens is 310 g/mol. The molecule has 1 aromatic heterocycles. The second-order valence-corrected chi connectivity index (χ2v) is 6.39. The molecule has 0 aliphatic carbocycles. The van der Waals surface area contributed by atoms with Crippen LogP contribution in [0.4, 0.5) is 5.69 Å². The molecular formula is C18H16ClN3O. The van der Waals surface area contributed by atoms with Crippen molar-refractivity contribution in [3.8, 4) is 0 Å². The number of para-hydroxylation sites is 2. The Hall–Kier alpha value is -2.33. The lowest BCUT2D eigenvalue weighted by molar-refractivity contribution is -0.117. The van der Waals surface area contributed by atoms with Gasteiger partial charge in [0, 0.05) is 29.6 Å². The first-order valence-corrected chi connectivity index (χ1v) is 8.01. The zero-order chi connectivity index (χ0) is 16.0. The van der Waals surface area contributed by atoms with Crippen molar-refractivity contribution in [2.24, 2.45) is 0 Å². The Morgan fingerprint density at radius 1 is 1.26 bits per heavy atom. The van der Waals surface area contributed by atoms with Gasteiger partial charge in [0.2, 0.25) is 5.91 Å². The van der Waals surface area contributed by atoms with E-state index < -0.39 is 0 Å². The van der Waals surface area contributed by atoms with Gasteiger partial charge in [-0.05, 0) is 36.8 Å². The molecule has 1 aliphatic rings. The smallest absolute Gasteiger partial charge is 0.227 e. The number of H-pyrrole nitrogens is 1. The fourth-order valence-corrected chi connectivity index (χ4v) is 3.23. The van der Waals surface area contributed by atoms with Gasteiger partial charge in [-0.2, -0.15) is 0 Å². The Balaban J connectivity index is 1.63. The van der Waals surface area contributed by atoms with E-state index in [9.17, 15) is 4.79 Å². The number of aromatic nitrogens is 2. The number of hydrogen-bond acceptors (Lipinski definition) is 2. The van der Waals surface area contributed by atoms with Crippen LogP contribution in [-0.2, 0) is 4.79 Å². The average Bonchev–Trinajstić information content (AvgIpc) is 3.13. The van der Waals surface area contributed by atoms with Crippen LogP contribution in [0.25, 0.3) is 11.0 Å². The summed E-state index contributed by atoms with van der Waals surface area (Å²) in [4.78, 5) is 22.2. The van der Waals surface area contributed by atoms with Crippen LogP contribution in [0, 0.1) is 6.92 Å². The van der Waals surface area contributed by atoms with Crippen LogP contribution in [0.1, 0.15) is 23.7 Å². The van der Waals surface area contributed by atoms with Gasteiger partial charge in [-0.3, -0.25) is 4.79 Å². The van der Waals surface area contributed by atoms with E-state index in [-0.39, 0.29) is 11.8 Å². The minimum atomic E-state index is 0.0787. The summed E-state index contributed by atoms with van der Waals surface area (Å²) in [6, 6.07) is 13.7. The fourth-order valence-electron chi connectivity index (χ4n) is 3.06. The van der Waals surface area contributed by atoms with Gasteiger partial charge >= 0.3 is 0 Å². The van der Waals surface area contributed by atoms with Gasteiger partial charge in [-0.25, -0.2) is 4.98 Å². The Labute approximate surface area is 139 Å². The van der Waals surface area contributed by atoms with Crippen LogP contribution >= 0.6 is 11.6 Å². The van der Waals surface area contributed by atoms with E-state index in [4.69, 9.17) is 11.6 Å². The van der Waals surface area contributed by atoms with Crippen LogP contribution < -0.4 is 4.90 Å². The summed E-state index contributed by atoms with van der Waals surface area (Å²) < 4.78 is 0. The molecule has 4 nitrogen and oxygen atoms in total. The molecule has 116 valence electrons. The molecule has 5 heteroatoms. The van der Waals surface area contributed by atoms with Crippen molar-refractivity contribution in [2.45, 2.75) is 19.3 Å². The lowest BCUT2D eigenvalue weighted by Crippen LogP contribution is -2.24. The Morgan fingerprint density at radius 2 is 2.09 bits per heavy atom. The van der Waals surface area contributed by atoms with Gasteiger partial charge in [0.1, 0.15) is 5.82 Å². The van der Waals surface area contributed by atoms with Gasteiger partial charge < -0.3 is 9.88 Å². The first-order valence-electron chi connectivity index (χ1n) is 7.63. The predicted molar refractivity (Wildman–Crippen MR) is 92.0 cm³/mol. The summed E-state index contributed by atoms with van der Waals surface area (Å²) >= 11 is 6.19. The Morgan fingerprint density at radius 3 is 2.87 bits per heavy atom. The van der Waals surface area contributed by atoms with E-state index in [0.717, 1.165) is 28.1 Å². The number of amides is 1. The molecule has 1 atom stereocenters. The highest BCUT2D eigenvalue weighted by Crippen LogP contribution is 2.33. The second kappa shape index (κ2) is 5.39. The summed E-state index contributed by atoms with van der Waals surface area (Å²) in [6.45, 7) is 2.58. The van der Waals surface area contributed by atoms with Crippen LogP contribution in [0.3, 0.4) is 0 Å². The quantitative estimate of drug-likeness (QED) is 0.773. The van der Waals surface area contributed by atoms with Gasteiger partial charge in [0.15, 0.2) is 0 Å². The molecule has 1 amide bonds. The maximum atomic E-state index is 12.4. The van der Waals surface area contributed by atoms with Crippen molar-refractivity contribution < 1.29 is 4.79 Å². The van der Waals surface area contributed by atoms with E-state index in [2.05, 4.69) is 9.97 Å². The molecule has 0 bridgehead atoms. The topological polar surface area (TPSA) is 49.0 Å². The van der Waals surface area contributed by atoms with Crippen LogP contribution in [-0.4, -0.2) is 22.4 Å².